The van der Waals surface area contributed by atoms with Crippen LogP contribution in [-0.4, -0.2) is 43.1 Å². The molecule has 0 radical (unpaired) electrons. The average molecular weight is 310 g/mol. The predicted octanol–water partition coefficient (Wildman–Crippen LogP) is 3.13. The summed E-state index contributed by atoms with van der Waals surface area (Å²) in [5.41, 5.74) is 0. The lowest BCUT2D eigenvalue weighted by Gasteiger charge is -2.20. The SMILES string of the molecule is CCC(CC(C)OCCC(=O)O)OCCOc1ccccc1. The Hall–Kier alpha value is -1.59. The van der Waals surface area contributed by atoms with Crippen LogP contribution in [-0.2, 0) is 14.3 Å². The summed E-state index contributed by atoms with van der Waals surface area (Å²) < 4.78 is 16.8. The van der Waals surface area contributed by atoms with Gasteiger partial charge in [0, 0.05) is 0 Å². The van der Waals surface area contributed by atoms with E-state index in [-0.39, 0.29) is 25.2 Å². The molecule has 1 rings (SSSR count). The topological polar surface area (TPSA) is 65.0 Å². The third-order valence-corrected chi connectivity index (χ3v) is 3.22. The zero-order valence-electron chi connectivity index (χ0n) is 13.4. The van der Waals surface area contributed by atoms with E-state index in [1.165, 1.54) is 0 Å². The van der Waals surface area contributed by atoms with Crippen molar-refractivity contribution < 1.29 is 24.1 Å². The third kappa shape index (κ3) is 8.64. The lowest BCUT2D eigenvalue weighted by atomic mass is 10.1. The molecule has 0 aliphatic heterocycles. The minimum Gasteiger partial charge on any atom is -0.491 e. The first kappa shape index (κ1) is 18.5. The fourth-order valence-corrected chi connectivity index (χ4v) is 2.03. The highest BCUT2D eigenvalue weighted by atomic mass is 16.5. The van der Waals surface area contributed by atoms with E-state index in [1.807, 2.05) is 37.3 Å². The summed E-state index contributed by atoms with van der Waals surface area (Å²) in [7, 11) is 0. The van der Waals surface area contributed by atoms with Crippen molar-refractivity contribution in [2.45, 2.75) is 45.3 Å². The highest BCUT2D eigenvalue weighted by Crippen LogP contribution is 2.11. The average Bonchev–Trinajstić information content (AvgIpc) is 2.51. The van der Waals surface area contributed by atoms with Crippen molar-refractivity contribution >= 4 is 5.97 Å². The van der Waals surface area contributed by atoms with Crippen LogP contribution in [0.5, 0.6) is 5.75 Å². The molecule has 0 bridgehead atoms. The van der Waals surface area contributed by atoms with Crippen molar-refractivity contribution in [1.29, 1.82) is 0 Å². The number of carboxylic acids is 1. The second kappa shape index (κ2) is 11.0. The van der Waals surface area contributed by atoms with Crippen molar-refractivity contribution in [2.24, 2.45) is 0 Å². The quantitative estimate of drug-likeness (QED) is 0.601. The smallest absolute Gasteiger partial charge is 0.305 e. The predicted molar refractivity (Wildman–Crippen MR) is 84.3 cm³/mol. The largest absolute Gasteiger partial charge is 0.491 e. The second-order valence-corrected chi connectivity index (χ2v) is 5.12. The molecule has 0 aliphatic carbocycles. The first-order valence-corrected chi connectivity index (χ1v) is 7.74. The molecule has 0 saturated heterocycles. The molecular weight excluding hydrogens is 284 g/mol. The first-order chi connectivity index (χ1) is 10.6. The normalized spacial score (nSPS) is 13.5. The maximum Gasteiger partial charge on any atom is 0.305 e. The van der Waals surface area contributed by atoms with Crippen LogP contribution in [0.3, 0.4) is 0 Å². The molecule has 2 atom stereocenters. The van der Waals surface area contributed by atoms with Crippen LogP contribution in [0.2, 0.25) is 0 Å². The molecular formula is C17H26O5. The van der Waals surface area contributed by atoms with Crippen molar-refractivity contribution in [3.05, 3.63) is 30.3 Å². The van der Waals surface area contributed by atoms with Crippen LogP contribution >= 0.6 is 0 Å². The zero-order valence-corrected chi connectivity index (χ0v) is 13.4. The standard InChI is InChI=1S/C17H26O5/c1-3-15(13-14(2)20-10-9-17(18)19)21-11-12-22-16-7-5-4-6-8-16/h4-8,14-15H,3,9-13H2,1-2H3,(H,18,19). The molecule has 124 valence electrons. The summed E-state index contributed by atoms with van der Waals surface area (Å²) in [6, 6.07) is 9.63. The lowest BCUT2D eigenvalue weighted by Crippen LogP contribution is -2.23. The van der Waals surface area contributed by atoms with E-state index in [2.05, 4.69) is 6.92 Å². The maximum atomic E-state index is 10.4. The number of ether oxygens (including phenoxy) is 3. The van der Waals surface area contributed by atoms with Gasteiger partial charge >= 0.3 is 5.97 Å². The minimum absolute atomic E-state index is 0.0145. The summed E-state index contributed by atoms with van der Waals surface area (Å²) in [5.74, 6) is -0.00178. The number of rotatable bonds is 12. The second-order valence-electron chi connectivity index (χ2n) is 5.12. The van der Waals surface area contributed by atoms with Crippen molar-refractivity contribution in [3.8, 4) is 5.75 Å². The molecule has 5 heteroatoms. The van der Waals surface area contributed by atoms with E-state index in [4.69, 9.17) is 19.3 Å². The summed E-state index contributed by atoms with van der Waals surface area (Å²) >= 11 is 0. The van der Waals surface area contributed by atoms with Gasteiger partial charge in [0.25, 0.3) is 0 Å². The van der Waals surface area contributed by atoms with Crippen LogP contribution in [0.25, 0.3) is 0 Å². The van der Waals surface area contributed by atoms with Gasteiger partial charge in [-0.15, -0.1) is 0 Å². The molecule has 1 aromatic carbocycles. The van der Waals surface area contributed by atoms with Crippen LogP contribution in [0.15, 0.2) is 30.3 Å². The number of aliphatic carboxylic acids is 1. The van der Waals surface area contributed by atoms with Crippen LogP contribution in [0.4, 0.5) is 0 Å². The lowest BCUT2D eigenvalue weighted by molar-refractivity contribution is -0.138. The van der Waals surface area contributed by atoms with Gasteiger partial charge in [-0.25, -0.2) is 0 Å². The maximum absolute atomic E-state index is 10.4. The molecule has 5 nitrogen and oxygen atoms in total. The molecule has 1 aromatic rings. The number of hydrogen-bond donors (Lipinski definition) is 1. The Morgan fingerprint density at radius 3 is 2.50 bits per heavy atom. The fourth-order valence-electron chi connectivity index (χ4n) is 2.03. The summed E-state index contributed by atoms with van der Waals surface area (Å²) in [6.07, 6.45) is 1.75. The van der Waals surface area contributed by atoms with Crippen LogP contribution in [0, 0.1) is 0 Å². The van der Waals surface area contributed by atoms with Crippen LogP contribution < -0.4 is 4.74 Å². The van der Waals surface area contributed by atoms with Crippen LogP contribution in [0.1, 0.15) is 33.1 Å². The first-order valence-electron chi connectivity index (χ1n) is 7.74. The van der Waals surface area contributed by atoms with Gasteiger partial charge in [-0.3, -0.25) is 4.79 Å². The Morgan fingerprint density at radius 2 is 1.86 bits per heavy atom. The monoisotopic (exact) mass is 310 g/mol. The molecule has 2 unspecified atom stereocenters. The zero-order chi connectivity index (χ0) is 16.2. The van der Waals surface area contributed by atoms with Gasteiger partial charge < -0.3 is 19.3 Å². The van der Waals surface area contributed by atoms with E-state index in [0.717, 1.165) is 18.6 Å². The Bertz CT molecular complexity index is 407. The Kier molecular flexibility index (Phi) is 9.26. The van der Waals surface area contributed by atoms with Crippen molar-refractivity contribution in [3.63, 3.8) is 0 Å². The fraction of sp³-hybridized carbons (Fsp3) is 0.588. The van der Waals surface area contributed by atoms with Gasteiger partial charge in [0.1, 0.15) is 12.4 Å². The van der Waals surface area contributed by atoms with Gasteiger partial charge in [-0.1, -0.05) is 25.1 Å². The van der Waals surface area contributed by atoms with E-state index >= 15 is 0 Å². The molecule has 0 saturated carbocycles. The molecule has 0 aromatic heterocycles. The third-order valence-electron chi connectivity index (χ3n) is 3.22. The van der Waals surface area contributed by atoms with E-state index in [0.29, 0.717) is 13.2 Å². The summed E-state index contributed by atoms with van der Waals surface area (Å²) in [6.45, 7) is 5.27. The number of carboxylic acid groups (broad SMARTS) is 1. The van der Waals surface area contributed by atoms with Gasteiger partial charge in [0.05, 0.1) is 31.8 Å². The molecule has 0 spiro atoms. The molecule has 0 fully saturated rings. The molecule has 0 aliphatic rings. The van der Waals surface area contributed by atoms with Gasteiger partial charge in [0.2, 0.25) is 0 Å². The summed E-state index contributed by atoms with van der Waals surface area (Å²) in [4.78, 5) is 10.4. The van der Waals surface area contributed by atoms with Gasteiger partial charge in [-0.05, 0) is 31.9 Å². The van der Waals surface area contributed by atoms with Crippen molar-refractivity contribution in [2.75, 3.05) is 19.8 Å². The van der Waals surface area contributed by atoms with Gasteiger partial charge in [0.15, 0.2) is 0 Å². The van der Waals surface area contributed by atoms with E-state index in [9.17, 15) is 4.79 Å². The van der Waals surface area contributed by atoms with Crippen molar-refractivity contribution in [1.82, 2.24) is 0 Å². The van der Waals surface area contributed by atoms with E-state index < -0.39 is 5.97 Å². The Morgan fingerprint density at radius 1 is 1.14 bits per heavy atom. The summed E-state index contributed by atoms with van der Waals surface area (Å²) in [5, 5.41) is 8.57. The highest BCUT2D eigenvalue weighted by Gasteiger charge is 2.13. The number of hydrogen-bond acceptors (Lipinski definition) is 4. The number of carbonyl (C=O) groups is 1. The highest BCUT2D eigenvalue weighted by molar-refractivity contribution is 5.66. The Balaban J connectivity index is 2.14. The molecule has 22 heavy (non-hydrogen) atoms. The number of para-hydroxylation sites is 1. The van der Waals surface area contributed by atoms with E-state index in [1.54, 1.807) is 0 Å². The van der Waals surface area contributed by atoms with Gasteiger partial charge in [-0.2, -0.15) is 0 Å². The minimum atomic E-state index is -0.839. The molecule has 0 heterocycles. The number of benzene rings is 1. The Labute approximate surface area is 132 Å². The molecule has 0 amide bonds. The molecule has 1 N–H and O–H groups in total.